The molecule has 0 atom stereocenters. The molecule has 0 saturated carbocycles. The van der Waals surface area contributed by atoms with Gasteiger partial charge in [0, 0.05) is 18.2 Å². The van der Waals surface area contributed by atoms with E-state index in [1.807, 2.05) is 20.8 Å². The molecule has 0 heterocycles. The van der Waals surface area contributed by atoms with Gasteiger partial charge in [0.25, 0.3) is 5.91 Å². The van der Waals surface area contributed by atoms with Crippen molar-refractivity contribution in [3.05, 3.63) is 23.8 Å². The average Bonchev–Trinajstić information content (AvgIpc) is 2.28. The molecule has 5 heteroatoms. The molecule has 1 amide bonds. The molecular formula is C13H21N3O2. The molecule has 0 unspecified atom stereocenters. The van der Waals surface area contributed by atoms with Crippen LogP contribution in [0.25, 0.3) is 0 Å². The lowest BCUT2D eigenvalue weighted by Gasteiger charge is -2.23. The Morgan fingerprint density at radius 3 is 2.44 bits per heavy atom. The summed E-state index contributed by atoms with van der Waals surface area (Å²) in [6.07, 6.45) is 0. The van der Waals surface area contributed by atoms with Crippen molar-refractivity contribution in [3.8, 4) is 0 Å². The third kappa shape index (κ3) is 3.63. The first-order chi connectivity index (χ1) is 8.24. The van der Waals surface area contributed by atoms with Crippen molar-refractivity contribution in [1.82, 2.24) is 5.06 Å². The van der Waals surface area contributed by atoms with Gasteiger partial charge in [-0.05, 0) is 39.0 Å². The molecule has 18 heavy (non-hydrogen) atoms. The molecule has 0 bridgehead atoms. The number of nitrogens with zero attached hydrogens (tertiary/aromatic N) is 1. The number of hydrogen-bond donors (Lipinski definition) is 2. The van der Waals surface area contributed by atoms with Gasteiger partial charge in [-0.15, -0.1) is 0 Å². The van der Waals surface area contributed by atoms with E-state index in [0.717, 1.165) is 10.8 Å². The van der Waals surface area contributed by atoms with Gasteiger partial charge < -0.3 is 11.1 Å². The SMILES string of the molecule is CON(C)C(=O)c1ccc(NC(C)(C)C)c(N)c1. The molecule has 0 aromatic heterocycles. The Morgan fingerprint density at radius 1 is 1.39 bits per heavy atom. The largest absolute Gasteiger partial charge is 0.397 e. The van der Waals surface area contributed by atoms with Crippen molar-refractivity contribution in [2.24, 2.45) is 0 Å². The average molecular weight is 251 g/mol. The summed E-state index contributed by atoms with van der Waals surface area (Å²) in [6.45, 7) is 6.14. The van der Waals surface area contributed by atoms with E-state index >= 15 is 0 Å². The number of carbonyl (C=O) groups is 1. The molecule has 0 radical (unpaired) electrons. The quantitative estimate of drug-likeness (QED) is 0.638. The molecule has 1 rings (SSSR count). The second-order valence-electron chi connectivity index (χ2n) is 5.16. The number of nitrogens with two attached hydrogens (primary N) is 1. The van der Waals surface area contributed by atoms with Gasteiger partial charge in [0.2, 0.25) is 0 Å². The van der Waals surface area contributed by atoms with Crippen molar-refractivity contribution in [1.29, 1.82) is 0 Å². The maximum absolute atomic E-state index is 11.8. The summed E-state index contributed by atoms with van der Waals surface area (Å²) >= 11 is 0. The van der Waals surface area contributed by atoms with Crippen LogP contribution in [0.2, 0.25) is 0 Å². The Hall–Kier alpha value is -1.75. The Bertz CT molecular complexity index is 438. The Labute approximate surface area is 108 Å². The molecule has 0 aliphatic carbocycles. The summed E-state index contributed by atoms with van der Waals surface area (Å²) in [5, 5.41) is 4.44. The highest BCUT2D eigenvalue weighted by atomic mass is 16.7. The van der Waals surface area contributed by atoms with Crippen molar-refractivity contribution in [3.63, 3.8) is 0 Å². The topological polar surface area (TPSA) is 67.6 Å². The summed E-state index contributed by atoms with van der Waals surface area (Å²) in [7, 11) is 3.00. The molecule has 1 aromatic carbocycles. The van der Waals surface area contributed by atoms with Crippen LogP contribution in [0.15, 0.2) is 18.2 Å². The molecule has 0 fully saturated rings. The molecule has 0 saturated heterocycles. The highest BCUT2D eigenvalue weighted by molar-refractivity contribution is 5.95. The van der Waals surface area contributed by atoms with Crippen LogP contribution >= 0.6 is 0 Å². The number of hydroxylamine groups is 2. The van der Waals surface area contributed by atoms with Crippen molar-refractivity contribution in [2.45, 2.75) is 26.3 Å². The van der Waals surface area contributed by atoms with E-state index in [4.69, 9.17) is 10.6 Å². The Morgan fingerprint density at radius 2 is 2.00 bits per heavy atom. The van der Waals surface area contributed by atoms with Crippen LogP contribution in [-0.4, -0.2) is 30.7 Å². The van der Waals surface area contributed by atoms with Gasteiger partial charge in [-0.3, -0.25) is 9.63 Å². The van der Waals surface area contributed by atoms with Crippen LogP contribution in [-0.2, 0) is 4.84 Å². The van der Waals surface area contributed by atoms with Crippen LogP contribution in [0.4, 0.5) is 11.4 Å². The zero-order chi connectivity index (χ0) is 13.9. The van der Waals surface area contributed by atoms with Gasteiger partial charge in [-0.2, -0.15) is 0 Å². The smallest absolute Gasteiger partial charge is 0.277 e. The summed E-state index contributed by atoms with van der Waals surface area (Å²) < 4.78 is 0. The normalized spacial score (nSPS) is 11.2. The minimum Gasteiger partial charge on any atom is -0.397 e. The second kappa shape index (κ2) is 5.27. The maximum Gasteiger partial charge on any atom is 0.277 e. The monoisotopic (exact) mass is 251 g/mol. The number of anilines is 2. The third-order valence-electron chi connectivity index (χ3n) is 2.37. The molecule has 0 spiro atoms. The first-order valence-corrected chi connectivity index (χ1v) is 5.74. The molecular weight excluding hydrogens is 230 g/mol. The number of nitrogen functional groups attached to an aromatic ring is 1. The lowest BCUT2D eigenvalue weighted by atomic mass is 10.1. The van der Waals surface area contributed by atoms with Gasteiger partial charge >= 0.3 is 0 Å². The minimum atomic E-state index is -0.230. The number of rotatable bonds is 3. The fourth-order valence-electron chi connectivity index (χ4n) is 1.48. The minimum absolute atomic E-state index is 0.0804. The van der Waals surface area contributed by atoms with E-state index in [1.165, 1.54) is 7.11 Å². The molecule has 1 aromatic rings. The van der Waals surface area contributed by atoms with Gasteiger partial charge in [-0.25, -0.2) is 5.06 Å². The van der Waals surface area contributed by atoms with Crippen molar-refractivity contribution >= 4 is 17.3 Å². The van der Waals surface area contributed by atoms with E-state index in [-0.39, 0.29) is 11.4 Å². The Kier molecular flexibility index (Phi) is 4.19. The van der Waals surface area contributed by atoms with Gasteiger partial charge in [0.15, 0.2) is 0 Å². The van der Waals surface area contributed by atoms with E-state index in [2.05, 4.69) is 5.32 Å². The van der Waals surface area contributed by atoms with E-state index < -0.39 is 0 Å². The summed E-state index contributed by atoms with van der Waals surface area (Å²) in [5.41, 5.74) is 7.71. The maximum atomic E-state index is 11.8. The summed E-state index contributed by atoms with van der Waals surface area (Å²) in [6, 6.07) is 5.17. The van der Waals surface area contributed by atoms with E-state index in [0.29, 0.717) is 11.3 Å². The van der Waals surface area contributed by atoms with Crippen LogP contribution in [0.3, 0.4) is 0 Å². The lowest BCUT2D eigenvalue weighted by molar-refractivity contribution is -0.0756. The number of nitrogens with one attached hydrogen (secondary N) is 1. The Balaban J connectivity index is 2.96. The fraction of sp³-hybridized carbons (Fsp3) is 0.462. The first-order valence-electron chi connectivity index (χ1n) is 5.74. The van der Waals surface area contributed by atoms with Crippen molar-refractivity contribution in [2.75, 3.05) is 25.2 Å². The second-order valence-corrected chi connectivity index (χ2v) is 5.16. The fourth-order valence-corrected chi connectivity index (χ4v) is 1.48. The molecule has 5 nitrogen and oxygen atoms in total. The standard InChI is InChI=1S/C13H21N3O2/c1-13(2,3)15-11-7-6-9(8-10(11)14)12(17)16(4)18-5/h6-8,15H,14H2,1-5H3. The number of benzene rings is 1. The van der Waals surface area contributed by atoms with Crippen LogP contribution in [0.1, 0.15) is 31.1 Å². The predicted octanol–water partition coefficient (Wildman–Crippen LogP) is 2.11. The van der Waals surface area contributed by atoms with Crippen LogP contribution in [0.5, 0.6) is 0 Å². The zero-order valence-corrected chi connectivity index (χ0v) is 11.6. The van der Waals surface area contributed by atoms with Crippen LogP contribution in [0, 0.1) is 0 Å². The first kappa shape index (κ1) is 14.3. The van der Waals surface area contributed by atoms with E-state index in [9.17, 15) is 4.79 Å². The highest BCUT2D eigenvalue weighted by Gasteiger charge is 2.15. The van der Waals surface area contributed by atoms with Crippen LogP contribution < -0.4 is 11.1 Å². The van der Waals surface area contributed by atoms with Gasteiger partial charge in [0.1, 0.15) is 0 Å². The molecule has 0 aliphatic heterocycles. The number of hydrogen-bond acceptors (Lipinski definition) is 4. The zero-order valence-electron chi connectivity index (χ0n) is 11.6. The van der Waals surface area contributed by atoms with Crippen molar-refractivity contribution < 1.29 is 9.63 Å². The number of amides is 1. The number of carbonyl (C=O) groups excluding carboxylic acids is 1. The van der Waals surface area contributed by atoms with Gasteiger partial charge in [0.05, 0.1) is 18.5 Å². The summed E-state index contributed by atoms with van der Waals surface area (Å²) in [5.74, 6) is -0.230. The van der Waals surface area contributed by atoms with Gasteiger partial charge in [-0.1, -0.05) is 0 Å². The molecule has 100 valence electrons. The molecule has 0 aliphatic rings. The van der Waals surface area contributed by atoms with E-state index in [1.54, 1.807) is 25.2 Å². The summed E-state index contributed by atoms with van der Waals surface area (Å²) in [4.78, 5) is 16.7. The third-order valence-corrected chi connectivity index (χ3v) is 2.37. The molecule has 3 N–H and O–H groups in total. The lowest BCUT2D eigenvalue weighted by Crippen LogP contribution is -2.27. The predicted molar refractivity (Wildman–Crippen MR) is 73.3 cm³/mol. The highest BCUT2D eigenvalue weighted by Crippen LogP contribution is 2.23.